The molecule has 9 heteroatoms. The van der Waals surface area contributed by atoms with Gasteiger partial charge in [0.25, 0.3) is 0 Å². The van der Waals surface area contributed by atoms with Crippen molar-refractivity contribution in [2.75, 3.05) is 41.3 Å². The molecule has 1 atom stereocenters. The second kappa shape index (κ2) is 10.2. The number of fused-ring (bicyclic) bond motifs is 1. The number of hydrogen-bond donors (Lipinski definition) is 0. The predicted octanol–water partition coefficient (Wildman–Crippen LogP) is 5.16. The van der Waals surface area contributed by atoms with Crippen molar-refractivity contribution in [3.63, 3.8) is 0 Å². The maximum Gasteiger partial charge on any atom is 0.240 e. The van der Waals surface area contributed by atoms with Crippen molar-refractivity contribution >= 4 is 38.9 Å². The van der Waals surface area contributed by atoms with Crippen molar-refractivity contribution in [2.45, 2.75) is 49.8 Å². The Morgan fingerprint density at radius 2 is 1.83 bits per heavy atom. The Morgan fingerprint density at radius 1 is 1.11 bits per heavy atom. The van der Waals surface area contributed by atoms with Gasteiger partial charge in [0.05, 0.1) is 32.0 Å². The number of carbonyl (C=O) groups is 1. The van der Waals surface area contributed by atoms with Gasteiger partial charge in [0.1, 0.15) is 5.75 Å². The third-order valence-corrected chi connectivity index (χ3v) is 10.3. The van der Waals surface area contributed by atoms with E-state index in [0.29, 0.717) is 23.3 Å². The van der Waals surface area contributed by atoms with Gasteiger partial charge in [-0.3, -0.25) is 13.3 Å². The molecule has 2 aromatic carbocycles. The fourth-order valence-corrected chi connectivity index (χ4v) is 8.18. The summed E-state index contributed by atoms with van der Waals surface area (Å²) in [6.07, 6.45) is 2.86. The van der Waals surface area contributed by atoms with E-state index in [4.69, 9.17) is 13.4 Å². The molecule has 7 nitrogen and oxygen atoms in total. The number of nitrogens with zero attached hydrogens (tertiary/aromatic N) is 2. The summed E-state index contributed by atoms with van der Waals surface area (Å²) in [5, 5.41) is 0. The first-order chi connectivity index (χ1) is 16.9. The van der Waals surface area contributed by atoms with Crippen LogP contribution in [0, 0.1) is 11.8 Å². The fraction of sp³-hybridized carbons (Fsp3) is 0.500. The van der Waals surface area contributed by atoms with Gasteiger partial charge < -0.3 is 9.64 Å². The highest BCUT2D eigenvalue weighted by atomic mass is 32.3. The SMILES string of the molecule is CCc1ccc(N(CC(C)C)S2(c3ccc4c(c3)S(=O)CC(=O)N4CC3CCOCC3)OO2)cc1. The lowest BCUT2D eigenvalue weighted by atomic mass is 9.99. The zero-order chi connectivity index (χ0) is 24.6. The average Bonchev–Trinajstić information content (AvgIpc) is 3.67. The van der Waals surface area contributed by atoms with E-state index in [1.54, 1.807) is 0 Å². The first-order valence-electron chi connectivity index (χ1n) is 12.4. The Kier molecular flexibility index (Phi) is 7.23. The van der Waals surface area contributed by atoms with E-state index < -0.39 is 21.6 Å². The Hall–Kier alpha value is -1.91. The van der Waals surface area contributed by atoms with Gasteiger partial charge in [-0.2, -0.15) is 0 Å². The minimum atomic E-state index is -2.15. The predicted molar refractivity (Wildman–Crippen MR) is 140 cm³/mol. The molecule has 3 aliphatic rings. The second-order valence-corrected chi connectivity index (χ2v) is 13.3. The molecule has 1 amide bonds. The van der Waals surface area contributed by atoms with Crippen LogP contribution in [0.5, 0.6) is 0 Å². The van der Waals surface area contributed by atoms with Crippen LogP contribution >= 0.6 is 10.8 Å². The van der Waals surface area contributed by atoms with Gasteiger partial charge in [0, 0.05) is 26.3 Å². The van der Waals surface area contributed by atoms with Crippen molar-refractivity contribution in [2.24, 2.45) is 11.8 Å². The molecule has 0 radical (unpaired) electrons. The van der Waals surface area contributed by atoms with Crippen LogP contribution in [0.1, 0.15) is 39.2 Å². The quantitative estimate of drug-likeness (QED) is 0.355. The Bertz CT molecular complexity index is 1100. The molecule has 35 heavy (non-hydrogen) atoms. The van der Waals surface area contributed by atoms with Crippen LogP contribution in [-0.4, -0.2) is 42.2 Å². The first-order valence-corrected chi connectivity index (χ1v) is 15.2. The molecule has 2 saturated heterocycles. The summed E-state index contributed by atoms with van der Waals surface area (Å²) in [7, 11) is -3.55. The fourth-order valence-electron chi connectivity index (χ4n) is 4.73. The molecule has 190 valence electrons. The number of rotatable bonds is 8. The molecule has 2 fully saturated rings. The molecule has 3 aliphatic heterocycles. The van der Waals surface area contributed by atoms with E-state index in [1.165, 1.54) is 5.56 Å². The summed E-state index contributed by atoms with van der Waals surface area (Å²) >= 11 is 0. The molecule has 0 N–H and O–H groups in total. The Morgan fingerprint density at radius 3 is 2.46 bits per heavy atom. The molecule has 2 aromatic rings. The zero-order valence-electron chi connectivity index (χ0n) is 20.6. The van der Waals surface area contributed by atoms with Gasteiger partial charge in [0.15, 0.2) is 0 Å². The summed E-state index contributed by atoms with van der Waals surface area (Å²) in [5.74, 6) is 0.718. The first kappa shape index (κ1) is 24.8. The average molecular weight is 519 g/mol. The van der Waals surface area contributed by atoms with Crippen LogP contribution in [0.25, 0.3) is 0 Å². The maximum atomic E-state index is 13.1. The van der Waals surface area contributed by atoms with E-state index in [-0.39, 0.29) is 11.7 Å². The van der Waals surface area contributed by atoms with E-state index in [0.717, 1.165) is 55.3 Å². The van der Waals surface area contributed by atoms with Crippen molar-refractivity contribution in [3.05, 3.63) is 48.0 Å². The summed E-state index contributed by atoms with van der Waals surface area (Å²) in [4.78, 5) is 16.2. The standard InChI is InChI=1S/C26H34N2O5S2/c1-4-20-5-7-22(8-6-20)28(16-19(2)3)35(32-33-35)23-9-10-24-25(15-23)34(30)18-26(29)27(24)17-21-11-13-31-14-12-21/h5-10,15,19,21H,4,11-14,16-18H2,1-3H3. The van der Waals surface area contributed by atoms with Crippen molar-refractivity contribution < 1.29 is 22.4 Å². The number of anilines is 2. The molecule has 0 bridgehead atoms. The van der Waals surface area contributed by atoms with Crippen molar-refractivity contribution in [1.29, 1.82) is 0 Å². The lowest BCUT2D eigenvalue weighted by Gasteiger charge is -2.36. The van der Waals surface area contributed by atoms with Gasteiger partial charge in [0.2, 0.25) is 5.91 Å². The number of amides is 1. The highest BCUT2D eigenvalue weighted by molar-refractivity contribution is 8.30. The zero-order valence-corrected chi connectivity index (χ0v) is 22.2. The number of benzene rings is 2. The van der Waals surface area contributed by atoms with Gasteiger partial charge >= 0.3 is 0 Å². The third-order valence-electron chi connectivity index (χ3n) is 6.75. The lowest BCUT2D eigenvalue weighted by molar-refractivity contribution is -0.116. The second-order valence-electron chi connectivity index (χ2n) is 9.77. The number of carbonyl (C=O) groups excluding carboxylic acids is 1. The van der Waals surface area contributed by atoms with E-state index in [2.05, 4.69) is 49.3 Å². The largest absolute Gasteiger partial charge is 0.381 e. The van der Waals surface area contributed by atoms with Crippen LogP contribution in [0.2, 0.25) is 0 Å². The number of ether oxygens (including phenoxy) is 1. The molecule has 0 spiro atoms. The van der Waals surface area contributed by atoms with Gasteiger partial charge in [-0.25, -0.2) is 0 Å². The van der Waals surface area contributed by atoms with Crippen LogP contribution in [0.15, 0.2) is 52.3 Å². The third kappa shape index (κ3) is 5.02. The Labute approximate surface area is 212 Å². The Balaban J connectivity index is 1.47. The molecular weight excluding hydrogens is 484 g/mol. The lowest BCUT2D eigenvalue weighted by Crippen LogP contribution is -2.43. The van der Waals surface area contributed by atoms with Crippen LogP contribution < -0.4 is 9.21 Å². The molecule has 0 aromatic heterocycles. The molecule has 1 unspecified atom stereocenters. The topological polar surface area (TPSA) is 74.9 Å². The van der Waals surface area contributed by atoms with Crippen LogP contribution in [-0.2, 0) is 35.4 Å². The van der Waals surface area contributed by atoms with Gasteiger partial charge in [-0.15, -0.1) is 0 Å². The highest BCUT2D eigenvalue weighted by Crippen LogP contribution is 2.74. The van der Waals surface area contributed by atoms with Crippen molar-refractivity contribution in [1.82, 2.24) is 0 Å². The monoisotopic (exact) mass is 518 g/mol. The van der Waals surface area contributed by atoms with E-state index in [9.17, 15) is 9.00 Å². The maximum absolute atomic E-state index is 13.1. The summed E-state index contributed by atoms with van der Waals surface area (Å²) in [5.41, 5.74) is 3.06. The highest BCUT2D eigenvalue weighted by Gasteiger charge is 2.48. The smallest absolute Gasteiger partial charge is 0.240 e. The molecule has 0 saturated carbocycles. The van der Waals surface area contributed by atoms with E-state index in [1.807, 2.05) is 23.1 Å². The number of hydrogen-bond acceptors (Lipinski definition) is 6. The van der Waals surface area contributed by atoms with Crippen LogP contribution in [0.3, 0.4) is 0 Å². The van der Waals surface area contributed by atoms with Crippen LogP contribution in [0.4, 0.5) is 11.4 Å². The van der Waals surface area contributed by atoms with Gasteiger partial charge in [-0.05, 0) is 77.8 Å². The summed E-state index contributed by atoms with van der Waals surface area (Å²) < 4.78 is 32.3. The van der Waals surface area contributed by atoms with Crippen molar-refractivity contribution in [3.8, 4) is 0 Å². The molecule has 5 rings (SSSR count). The summed E-state index contributed by atoms with van der Waals surface area (Å²) in [6, 6.07) is 14.3. The van der Waals surface area contributed by atoms with E-state index >= 15 is 0 Å². The summed E-state index contributed by atoms with van der Waals surface area (Å²) in [6.45, 7) is 9.35. The molecular formula is C26H34N2O5S2. The minimum absolute atomic E-state index is 0.0118. The molecule has 0 aliphatic carbocycles. The molecule has 3 heterocycles. The number of aryl methyl sites for hydroxylation is 1. The normalized spacial score (nSPS) is 22.7. The minimum Gasteiger partial charge on any atom is -0.381 e. The van der Waals surface area contributed by atoms with Gasteiger partial charge in [-0.1, -0.05) is 41.6 Å².